The number of hydrogen-bond donors (Lipinski definition) is 2. The van der Waals surface area contributed by atoms with Crippen molar-refractivity contribution in [3.8, 4) is 5.69 Å². The standard InChI is InChI=1S/C25H29N5O/c1-4-5-6-9-14-27-25(31)21-22-24(29-20-11-8-7-10-19(20)28-22)30(23(21)26)18-13-12-16(2)17(3)15-18/h7-8,10-13,15H,4-6,9,14,26H2,1-3H3,(H,27,31). The average molecular weight is 416 g/mol. The normalized spacial score (nSPS) is 11.3. The lowest BCUT2D eigenvalue weighted by Gasteiger charge is -2.10. The van der Waals surface area contributed by atoms with Crippen molar-refractivity contribution in [2.45, 2.75) is 46.5 Å². The van der Waals surface area contributed by atoms with Crippen molar-refractivity contribution in [2.24, 2.45) is 0 Å². The van der Waals surface area contributed by atoms with Gasteiger partial charge in [-0.15, -0.1) is 0 Å². The molecule has 0 saturated heterocycles. The Hall–Kier alpha value is -3.41. The lowest BCUT2D eigenvalue weighted by atomic mass is 10.1. The molecule has 2 aromatic heterocycles. The van der Waals surface area contributed by atoms with Crippen molar-refractivity contribution in [2.75, 3.05) is 12.3 Å². The monoisotopic (exact) mass is 415 g/mol. The molecule has 0 radical (unpaired) electrons. The molecular weight excluding hydrogens is 386 g/mol. The highest BCUT2D eigenvalue weighted by molar-refractivity contribution is 6.11. The first-order valence-electron chi connectivity index (χ1n) is 10.9. The third-order valence-electron chi connectivity index (χ3n) is 5.79. The molecule has 6 heteroatoms. The first-order chi connectivity index (χ1) is 15.0. The van der Waals surface area contributed by atoms with Gasteiger partial charge in [0.15, 0.2) is 5.65 Å². The van der Waals surface area contributed by atoms with Crippen LogP contribution in [0.3, 0.4) is 0 Å². The summed E-state index contributed by atoms with van der Waals surface area (Å²) in [5, 5.41) is 3.02. The van der Waals surface area contributed by atoms with Gasteiger partial charge in [-0.3, -0.25) is 9.36 Å². The summed E-state index contributed by atoms with van der Waals surface area (Å²) in [7, 11) is 0. The molecule has 0 aliphatic carbocycles. The fourth-order valence-electron chi connectivity index (χ4n) is 3.85. The molecule has 3 N–H and O–H groups in total. The van der Waals surface area contributed by atoms with Gasteiger partial charge in [-0.1, -0.05) is 44.4 Å². The van der Waals surface area contributed by atoms with Crippen LogP contribution in [0.5, 0.6) is 0 Å². The van der Waals surface area contributed by atoms with Gasteiger partial charge in [0.1, 0.15) is 16.9 Å². The van der Waals surface area contributed by atoms with E-state index in [2.05, 4.69) is 38.2 Å². The molecule has 31 heavy (non-hydrogen) atoms. The Morgan fingerprint density at radius 3 is 2.45 bits per heavy atom. The number of nitrogen functional groups attached to an aromatic ring is 1. The molecule has 2 heterocycles. The molecule has 0 spiro atoms. The van der Waals surface area contributed by atoms with Crippen molar-refractivity contribution in [3.05, 3.63) is 59.2 Å². The Morgan fingerprint density at radius 1 is 1.00 bits per heavy atom. The van der Waals surface area contributed by atoms with E-state index in [-0.39, 0.29) is 5.91 Å². The van der Waals surface area contributed by atoms with E-state index in [1.807, 2.05) is 34.9 Å². The number of nitrogens with two attached hydrogens (primary N) is 1. The highest BCUT2D eigenvalue weighted by atomic mass is 16.1. The van der Waals surface area contributed by atoms with E-state index in [0.29, 0.717) is 29.1 Å². The average Bonchev–Trinajstić information content (AvgIpc) is 3.04. The Morgan fingerprint density at radius 2 is 1.74 bits per heavy atom. The zero-order chi connectivity index (χ0) is 22.0. The van der Waals surface area contributed by atoms with Crippen LogP contribution in [-0.2, 0) is 0 Å². The van der Waals surface area contributed by atoms with E-state index < -0.39 is 0 Å². The van der Waals surface area contributed by atoms with Gasteiger partial charge in [-0.25, -0.2) is 9.97 Å². The summed E-state index contributed by atoms with van der Waals surface area (Å²) < 4.78 is 1.84. The molecular formula is C25H29N5O. The summed E-state index contributed by atoms with van der Waals surface area (Å²) in [5.74, 6) is 0.158. The summed E-state index contributed by atoms with van der Waals surface area (Å²) >= 11 is 0. The third kappa shape index (κ3) is 3.98. The zero-order valence-corrected chi connectivity index (χ0v) is 18.4. The fraction of sp³-hybridized carbons (Fsp3) is 0.320. The molecule has 2 aromatic carbocycles. The van der Waals surface area contributed by atoms with E-state index in [1.165, 1.54) is 12.0 Å². The number of nitrogens with zero attached hydrogens (tertiary/aromatic N) is 3. The van der Waals surface area contributed by atoms with Crippen LogP contribution in [0.2, 0.25) is 0 Å². The summed E-state index contributed by atoms with van der Waals surface area (Å²) in [6.45, 7) is 6.92. The number of para-hydroxylation sites is 2. The summed E-state index contributed by atoms with van der Waals surface area (Å²) in [6.07, 6.45) is 4.37. The number of unbranched alkanes of at least 4 members (excludes halogenated alkanes) is 3. The van der Waals surface area contributed by atoms with Gasteiger partial charge < -0.3 is 11.1 Å². The number of rotatable bonds is 7. The minimum absolute atomic E-state index is 0.203. The second kappa shape index (κ2) is 8.76. The maximum atomic E-state index is 13.1. The highest BCUT2D eigenvalue weighted by Crippen LogP contribution is 2.31. The minimum Gasteiger partial charge on any atom is -0.384 e. The molecule has 4 rings (SSSR count). The maximum absolute atomic E-state index is 13.1. The van der Waals surface area contributed by atoms with Crippen molar-refractivity contribution >= 4 is 33.9 Å². The second-order valence-electron chi connectivity index (χ2n) is 8.07. The number of carbonyl (C=O) groups excluding carboxylic acids is 1. The van der Waals surface area contributed by atoms with Crippen LogP contribution < -0.4 is 11.1 Å². The molecule has 0 aliphatic heterocycles. The number of aromatic nitrogens is 3. The van der Waals surface area contributed by atoms with E-state index >= 15 is 0 Å². The van der Waals surface area contributed by atoms with Crippen LogP contribution in [0.15, 0.2) is 42.5 Å². The van der Waals surface area contributed by atoms with Crippen LogP contribution in [0.1, 0.15) is 54.1 Å². The van der Waals surface area contributed by atoms with Crippen LogP contribution in [-0.4, -0.2) is 27.0 Å². The molecule has 0 fully saturated rings. The van der Waals surface area contributed by atoms with Crippen LogP contribution >= 0.6 is 0 Å². The Kier molecular flexibility index (Phi) is 5.89. The van der Waals surface area contributed by atoms with Gasteiger partial charge in [0.2, 0.25) is 0 Å². The van der Waals surface area contributed by atoms with Crippen LogP contribution in [0, 0.1) is 13.8 Å². The fourth-order valence-corrected chi connectivity index (χ4v) is 3.85. The van der Waals surface area contributed by atoms with Crippen molar-refractivity contribution in [1.82, 2.24) is 19.9 Å². The van der Waals surface area contributed by atoms with Gasteiger partial charge in [-0.2, -0.15) is 0 Å². The summed E-state index contributed by atoms with van der Waals surface area (Å²) in [4.78, 5) is 22.8. The Labute approximate surface area is 182 Å². The van der Waals surface area contributed by atoms with Crippen molar-refractivity contribution in [3.63, 3.8) is 0 Å². The lowest BCUT2D eigenvalue weighted by Crippen LogP contribution is -2.25. The number of amides is 1. The Balaban J connectivity index is 1.85. The van der Waals surface area contributed by atoms with Gasteiger partial charge >= 0.3 is 0 Å². The highest BCUT2D eigenvalue weighted by Gasteiger charge is 2.24. The first kappa shape index (κ1) is 20.8. The zero-order valence-electron chi connectivity index (χ0n) is 18.4. The molecule has 0 atom stereocenters. The van der Waals surface area contributed by atoms with E-state index in [0.717, 1.165) is 41.5 Å². The van der Waals surface area contributed by atoms with E-state index in [4.69, 9.17) is 15.7 Å². The van der Waals surface area contributed by atoms with Crippen LogP contribution in [0.4, 0.5) is 5.82 Å². The predicted molar refractivity (Wildman–Crippen MR) is 127 cm³/mol. The van der Waals surface area contributed by atoms with Gasteiger partial charge in [0.05, 0.1) is 11.0 Å². The molecule has 0 unspecified atom stereocenters. The summed E-state index contributed by atoms with van der Waals surface area (Å²) in [5.41, 5.74) is 12.8. The molecule has 1 amide bonds. The van der Waals surface area contributed by atoms with Gasteiger partial charge in [0.25, 0.3) is 5.91 Å². The number of carbonyl (C=O) groups is 1. The van der Waals surface area contributed by atoms with Gasteiger partial charge in [-0.05, 0) is 55.7 Å². The minimum atomic E-state index is -0.203. The second-order valence-corrected chi connectivity index (χ2v) is 8.07. The molecule has 6 nitrogen and oxygen atoms in total. The number of fused-ring (bicyclic) bond motifs is 2. The van der Waals surface area contributed by atoms with Crippen LogP contribution in [0.25, 0.3) is 27.9 Å². The quantitative estimate of drug-likeness (QED) is 0.412. The SMILES string of the molecule is CCCCCCNC(=O)c1c(N)n(-c2ccc(C)c(C)c2)c2nc3ccccc3nc12. The number of anilines is 1. The first-order valence-corrected chi connectivity index (χ1v) is 10.9. The molecule has 160 valence electrons. The number of nitrogens with one attached hydrogen (secondary N) is 1. The maximum Gasteiger partial charge on any atom is 0.257 e. The molecule has 0 saturated carbocycles. The number of aryl methyl sites for hydroxylation is 2. The van der Waals surface area contributed by atoms with E-state index in [9.17, 15) is 4.79 Å². The smallest absolute Gasteiger partial charge is 0.257 e. The van der Waals surface area contributed by atoms with Crippen molar-refractivity contribution < 1.29 is 4.79 Å². The summed E-state index contributed by atoms with van der Waals surface area (Å²) in [6, 6.07) is 13.8. The van der Waals surface area contributed by atoms with Crippen molar-refractivity contribution in [1.29, 1.82) is 0 Å². The molecule has 4 aromatic rings. The molecule has 0 bridgehead atoms. The number of hydrogen-bond acceptors (Lipinski definition) is 4. The molecule has 0 aliphatic rings. The predicted octanol–water partition coefficient (Wildman–Crippen LogP) is 5.08. The largest absolute Gasteiger partial charge is 0.384 e. The third-order valence-corrected chi connectivity index (χ3v) is 5.79. The Bertz CT molecular complexity index is 1260. The lowest BCUT2D eigenvalue weighted by molar-refractivity contribution is 0.0955. The van der Waals surface area contributed by atoms with Gasteiger partial charge in [0, 0.05) is 12.2 Å². The topological polar surface area (TPSA) is 85.8 Å². The number of benzene rings is 2. The van der Waals surface area contributed by atoms with E-state index in [1.54, 1.807) is 0 Å².